The fourth-order valence-electron chi connectivity index (χ4n) is 6.92. The molecule has 0 atom stereocenters. The highest BCUT2D eigenvalue weighted by molar-refractivity contribution is 6.30. The van der Waals surface area contributed by atoms with E-state index in [1.54, 1.807) is 0 Å². The fraction of sp³-hybridized carbons (Fsp3) is 0.357. The first-order valence-electron chi connectivity index (χ1n) is 11.3. The number of hydrogen-bond donors (Lipinski definition) is 1. The Labute approximate surface area is 183 Å². The topological polar surface area (TPSA) is 20.2 Å². The number of halogens is 1. The highest BCUT2D eigenvalue weighted by Gasteiger charge is 2.57. The minimum atomic E-state index is -0.717. The summed E-state index contributed by atoms with van der Waals surface area (Å²) in [5.74, 6) is 2.43. The average Bonchev–Trinajstić information content (AvgIpc) is 2.77. The summed E-state index contributed by atoms with van der Waals surface area (Å²) in [5, 5.41) is 12.9. The summed E-state index contributed by atoms with van der Waals surface area (Å²) in [4.78, 5) is 0. The molecule has 0 aliphatic heterocycles. The van der Waals surface area contributed by atoms with Gasteiger partial charge in [-0.2, -0.15) is 0 Å². The zero-order chi connectivity index (χ0) is 20.3. The van der Waals surface area contributed by atoms with Crippen LogP contribution < -0.4 is 0 Å². The van der Waals surface area contributed by atoms with Crippen LogP contribution in [0.3, 0.4) is 0 Å². The van der Waals surface area contributed by atoms with Gasteiger partial charge in [0.2, 0.25) is 0 Å². The SMILES string of the molecule is OC1(c2ccc(Cl)cc2-c2ccc(-c3ccccc3)cc2)C2CC3CC(C2)CC1C3. The largest absolute Gasteiger partial charge is 0.385 e. The van der Waals surface area contributed by atoms with Gasteiger partial charge in [0.1, 0.15) is 0 Å². The van der Waals surface area contributed by atoms with Gasteiger partial charge in [-0.25, -0.2) is 0 Å². The maximum absolute atomic E-state index is 12.2. The molecule has 7 rings (SSSR count). The Bertz CT molecular complexity index is 1040. The van der Waals surface area contributed by atoms with Crippen LogP contribution in [0.15, 0.2) is 72.8 Å². The van der Waals surface area contributed by atoms with Gasteiger partial charge < -0.3 is 5.11 Å². The lowest BCUT2D eigenvalue weighted by molar-refractivity contribution is -0.179. The first-order valence-corrected chi connectivity index (χ1v) is 11.7. The summed E-state index contributed by atoms with van der Waals surface area (Å²) in [6.45, 7) is 0. The molecule has 4 aliphatic rings. The summed E-state index contributed by atoms with van der Waals surface area (Å²) < 4.78 is 0. The molecular weight excluding hydrogens is 388 g/mol. The Morgan fingerprint density at radius 2 is 1.23 bits per heavy atom. The van der Waals surface area contributed by atoms with Crippen molar-refractivity contribution in [1.82, 2.24) is 0 Å². The van der Waals surface area contributed by atoms with Crippen molar-refractivity contribution < 1.29 is 5.11 Å². The van der Waals surface area contributed by atoms with E-state index in [4.69, 9.17) is 11.6 Å². The molecule has 4 saturated carbocycles. The summed E-state index contributed by atoms with van der Waals surface area (Å²) in [7, 11) is 0. The van der Waals surface area contributed by atoms with Gasteiger partial charge in [0.15, 0.2) is 0 Å². The number of aliphatic hydroxyl groups is 1. The quantitative estimate of drug-likeness (QED) is 0.476. The van der Waals surface area contributed by atoms with Crippen LogP contribution >= 0.6 is 11.6 Å². The Kier molecular flexibility index (Phi) is 4.34. The molecule has 0 aromatic heterocycles. The van der Waals surface area contributed by atoms with Crippen molar-refractivity contribution in [2.45, 2.75) is 37.7 Å². The molecule has 3 aromatic carbocycles. The lowest BCUT2D eigenvalue weighted by Gasteiger charge is -2.59. The van der Waals surface area contributed by atoms with Crippen LogP contribution in [0.4, 0.5) is 0 Å². The molecule has 0 amide bonds. The van der Waals surface area contributed by atoms with Crippen LogP contribution in [0.5, 0.6) is 0 Å². The molecule has 4 bridgehead atoms. The standard InChI is InChI=1S/C28H27ClO/c29-25-10-11-27(28(30)23-13-18-12-19(15-23)16-24(28)14-18)26(17-25)22-8-6-21(7-9-22)20-4-2-1-3-5-20/h1-11,17-19,23-24,30H,12-16H2. The number of hydrogen-bond acceptors (Lipinski definition) is 1. The zero-order valence-corrected chi connectivity index (χ0v) is 17.9. The van der Waals surface area contributed by atoms with Gasteiger partial charge in [-0.3, -0.25) is 0 Å². The molecule has 3 aromatic rings. The monoisotopic (exact) mass is 414 g/mol. The second kappa shape index (κ2) is 6.97. The van der Waals surface area contributed by atoms with E-state index in [0.29, 0.717) is 11.8 Å². The predicted molar refractivity (Wildman–Crippen MR) is 123 cm³/mol. The molecule has 4 aliphatic carbocycles. The van der Waals surface area contributed by atoms with Crippen molar-refractivity contribution >= 4 is 11.6 Å². The third-order valence-corrected chi connectivity index (χ3v) is 8.33. The number of benzene rings is 3. The highest BCUT2D eigenvalue weighted by Crippen LogP contribution is 2.62. The van der Waals surface area contributed by atoms with Crippen LogP contribution in [-0.2, 0) is 5.60 Å². The van der Waals surface area contributed by atoms with Crippen LogP contribution in [-0.4, -0.2) is 5.11 Å². The Morgan fingerprint density at radius 1 is 0.667 bits per heavy atom. The molecule has 0 spiro atoms. The lowest BCUT2D eigenvalue weighted by atomic mass is 9.48. The summed E-state index contributed by atoms with van der Waals surface area (Å²) >= 11 is 6.45. The normalized spacial score (nSPS) is 31.8. The molecule has 30 heavy (non-hydrogen) atoms. The first kappa shape index (κ1) is 18.7. The molecule has 0 heterocycles. The molecular formula is C28H27ClO. The van der Waals surface area contributed by atoms with Crippen LogP contribution in [0.2, 0.25) is 5.02 Å². The van der Waals surface area contributed by atoms with Crippen LogP contribution in [0.25, 0.3) is 22.3 Å². The van der Waals surface area contributed by atoms with Gasteiger partial charge >= 0.3 is 0 Å². The van der Waals surface area contributed by atoms with E-state index < -0.39 is 5.60 Å². The second-order valence-electron chi connectivity index (χ2n) is 9.76. The highest BCUT2D eigenvalue weighted by atomic mass is 35.5. The van der Waals surface area contributed by atoms with E-state index >= 15 is 0 Å². The fourth-order valence-corrected chi connectivity index (χ4v) is 7.09. The summed E-state index contributed by atoms with van der Waals surface area (Å²) in [6, 6.07) is 25.3. The minimum absolute atomic E-state index is 0.386. The molecule has 0 radical (unpaired) electrons. The molecule has 152 valence electrons. The van der Waals surface area contributed by atoms with E-state index in [2.05, 4.69) is 60.7 Å². The van der Waals surface area contributed by atoms with Crippen molar-refractivity contribution in [2.24, 2.45) is 23.7 Å². The summed E-state index contributed by atoms with van der Waals surface area (Å²) in [6.07, 6.45) is 6.10. The van der Waals surface area contributed by atoms with Gasteiger partial charge in [-0.05, 0) is 95.7 Å². The molecule has 0 unspecified atom stereocenters. The molecule has 0 saturated heterocycles. The van der Waals surface area contributed by atoms with Crippen molar-refractivity contribution in [2.75, 3.05) is 0 Å². The third kappa shape index (κ3) is 2.87. The predicted octanol–water partition coefficient (Wildman–Crippen LogP) is 7.32. The first-order chi connectivity index (χ1) is 14.6. The van der Waals surface area contributed by atoms with E-state index in [-0.39, 0.29) is 0 Å². The maximum atomic E-state index is 12.2. The van der Waals surface area contributed by atoms with Gasteiger partial charge in [0.25, 0.3) is 0 Å². The van der Waals surface area contributed by atoms with Crippen molar-refractivity contribution in [3.63, 3.8) is 0 Å². The maximum Gasteiger partial charge on any atom is 0.0958 e. The summed E-state index contributed by atoms with van der Waals surface area (Å²) in [5.41, 5.74) is 5.02. The molecule has 2 heteroatoms. The van der Waals surface area contributed by atoms with Gasteiger partial charge in [-0.15, -0.1) is 0 Å². The van der Waals surface area contributed by atoms with E-state index in [0.717, 1.165) is 33.5 Å². The van der Waals surface area contributed by atoms with Crippen LogP contribution in [0, 0.1) is 23.7 Å². The van der Waals surface area contributed by atoms with Crippen molar-refractivity contribution in [1.29, 1.82) is 0 Å². The third-order valence-electron chi connectivity index (χ3n) is 8.10. The average molecular weight is 415 g/mol. The lowest BCUT2D eigenvalue weighted by Crippen LogP contribution is -2.55. The van der Waals surface area contributed by atoms with E-state index in [1.165, 1.54) is 43.2 Å². The Hall–Kier alpha value is -2.09. The zero-order valence-electron chi connectivity index (χ0n) is 17.1. The van der Waals surface area contributed by atoms with Crippen LogP contribution in [0.1, 0.15) is 37.7 Å². The molecule has 1 nitrogen and oxygen atoms in total. The Morgan fingerprint density at radius 3 is 1.87 bits per heavy atom. The number of rotatable bonds is 3. The van der Waals surface area contributed by atoms with Gasteiger partial charge in [0.05, 0.1) is 5.60 Å². The molecule has 1 N–H and O–H groups in total. The van der Waals surface area contributed by atoms with Gasteiger partial charge in [0, 0.05) is 5.02 Å². The van der Waals surface area contributed by atoms with Gasteiger partial charge in [-0.1, -0.05) is 72.3 Å². The van der Waals surface area contributed by atoms with Crippen molar-refractivity contribution in [3.8, 4) is 22.3 Å². The minimum Gasteiger partial charge on any atom is -0.385 e. The van der Waals surface area contributed by atoms with E-state index in [1.807, 2.05) is 12.1 Å². The smallest absolute Gasteiger partial charge is 0.0958 e. The van der Waals surface area contributed by atoms with E-state index in [9.17, 15) is 5.11 Å². The molecule has 4 fully saturated rings. The second-order valence-corrected chi connectivity index (χ2v) is 10.2. The van der Waals surface area contributed by atoms with Crippen molar-refractivity contribution in [3.05, 3.63) is 83.4 Å². The Balaban J connectivity index is 1.43.